The van der Waals surface area contributed by atoms with Gasteiger partial charge < -0.3 is 34.1 Å². The Morgan fingerprint density at radius 1 is 1.00 bits per heavy atom. The minimum Gasteiger partial charge on any atom is -0.493 e. The molecule has 1 saturated heterocycles. The number of methoxy groups -OCH3 is 1. The maximum Gasteiger partial charge on any atom is 0.414 e. The van der Waals surface area contributed by atoms with Crippen LogP contribution in [0.15, 0.2) is 36.4 Å². The largest absolute Gasteiger partial charge is 0.493 e. The van der Waals surface area contributed by atoms with Crippen LogP contribution in [0.4, 0.5) is 10.1 Å². The molecule has 11 heteroatoms. The number of carbonyl (C=O) groups is 2. The third kappa shape index (κ3) is 7.38. The summed E-state index contributed by atoms with van der Waals surface area (Å²) in [5.74, 6) is -1.27. The van der Waals surface area contributed by atoms with Crippen molar-refractivity contribution in [2.45, 2.75) is 6.42 Å². The van der Waals surface area contributed by atoms with Gasteiger partial charge in [0.25, 0.3) is 0 Å². The van der Waals surface area contributed by atoms with Crippen LogP contribution in [0.25, 0.3) is 0 Å². The van der Waals surface area contributed by atoms with E-state index in [2.05, 4.69) is 15.9 Å². The molecule has 0 aromatic heterocycles. The van der Waals surface area contributed by atoms with E-state index in [4.69, 9.17) is 38.7 Å². The average molecular weight is 493 g/mol. The van der Waals surface area contributed by atoms with Gasteiger partial charge in [0.2, 0.25) is 0 Å². The van der Waals surface area contributed by atoms with E-state index in [-0.39, 0.29) is 5.82 Å². The van der Waals surface area contributed by atoms with Gasteiger partial charge in [-0.3, -0.25) is 4.90 Å². The van der Waals surface area contributed by atoms with Gasteiger partial charge in [0.1, 0.15) is 19.0 Å². The highest BCUT2D eigenvalue weighted by atomic mass is 19.1. The lowest BCUT2D eigenvalue weighted by molar-refractivity contribution is -0.159. The SMILES string of the molecule is COc1cc(F)ccc1OCCCN1CCN(c2cccc3c2OCCO3)CC1.O=C(O)C(=O)O. The Morgan fingerprint density at radius 3 is 2.40 bits per heavy atom. The molecular formula is C24H29FN2O8. The quantitative estimate of drug-likeness (QED) is 0.440. The number of aliphatic carboxylic acids is 2. The summed E-state index contributed by atoms with van der Waals surface area (Å²) in [7, 11) is 1.52. The van der Waals surface area contributed by atoms with Crippen molar-refractivity contribution >= 4 is 17.6 Å². The molecule has 10 nitrogen and oxygen atoms in total. The van der Waals surface area contributed by atoms with Crippen molar-refractivity contribution in [1.29, 1.82) is 0 Å². The molecule has 2 N–H and O–H groups in total. The van der Waals surface area contributed by atoms with Crippen LogP contribution in [0.2, 0.25) is 0 Å². The van der Waals surface area contributed by atoms with E-state index < -0.39 is 11.9 Å². The van der Waals surface area contributed by atoms with Crippen LogP contribution < -0.4 is 23.8 Å². The Labute approximate surface area is 202 Å². The molecule has 2 aromatic rings. The third-order valence-corrected chi connectivity index (χ3v) is 5.44. The normalized spacial score (nSPS) is 15.0. The number of piperazine rings is 1. The molecule has 2 aromatic carbocycles. The predicted molar refractivity (Wildman–Crippen MR) is 124 cm³/mol. The number of anilines is 1. The van der Waals surface area contributed by atoms with Gasteiger partial charge in [-0.2, -0.15) is 0 Å². The lowest BCUT2D eigenvalue weighted by Crippen LogP contribution is -2.47. The number of para-hydroxylation sites is 1. The second-order valence-corrected chi connectivity index (χ2v) is 7.74. The fraction of sp³-hybridized carbons (Fsp3) is 0.417. The monoisotopic (exact) mass is 492 g/mol. The fourth-order valence-corrected chi connectivity index (χ4v) is 3.75. The molecule has 0 saturated carbocycles. The number of carboxylic acids is 2. The number of halogens is 1. The summed E-state index contributed by atoms with van der Waals surface area (Å²) >= 11 is 0. The summed E-state index contributed by atoms with van der Waals surface area (Å²) in [6, 6.07) is 10.4. The molecule has 0 aliphatic carbocycles. The molecular weight excluding hydrogens is 463 g/mol. The van der Waals surface area contributed by atoms with E-state index in [9.17, 15) is 4.39 Å². The number of ether oxygens (including phenoxy) is 4. The summed E-state index contributed by atoms with van der Waals surface area (Å²) in [5, 5.41) is 14.8. The number of benzene rings is 2. The molecule has 0 atom stereocenters. The van der Waals surface area contributed by atoms with Crippen molar-refractivity contribution in [3.05, 3.63) is 42.2 Å². The van der Waals surface area contributed by atoms with Gasteiger partial charge >= 0.3 is 11.9 Å². The van der Waals surface area contributed by atoms with Crippen LogP contribution in [0.3, 0.4) is 0 Å². The Bertz CT molecular complexity index is 999. The molecule has 190 valence electrons. The molecule has 2 aliphatic heterocycles. The van der Waals surface area contributed by atoms with Gasteiger partial charge in [0.05, 0.1) is 19.4 Å². The fourth-order valence-electron chi connectivity index (χ4n) is 3.75. The highest BCUT2D eigenvalue weighted by molar-refractivity contribution is 6.27. The molecule has 0 amide bonds. The lowest BCUT2D eigenvalue weighted by Gasteiger charge is -2.37. The number of carboxylic acid groups (broad SMARTS) is 2. The van der Waals surface area contributed by atoms with E-state index in [0.29, 0.717) is 31.3 Å². The van der Waals surface area contributed by atoms with Crippen molar-refractivity contribution in [3.8, 4) is 23.0 Å². The predicted octanol–water partition coefficient (Wildman–Crippen LogP) is 2.35. The Hall–Kier alpha value is -3.73. The molecule has 0 unspecified atom stereocenters. The Kier molecular flexibility index (Phi) is 9.36. The molecule has 1 fully saturated rings. The molecule has 4 rings (SSSR count). The first-order valence-electron chi connectivity index (χ1n) is 11.2. The van der Waals surface area contributed by atoms with E-state index >= 15 is 0 Å². The highest BCUT2D eigenvalue weighted by Crippen LogP contribution is 2.39. The van der Waals surface area contributed by atoms with E-state index in [1.54, 1.807) is 6.07 Å². The zero-order valence-electron chi connectivity index (χ0n) is 19.4. The summed E-state index contributed by atoms with van der Waals surface area (Å²) < 4.78 is 35.7. The summed E-state index contributed by atoms with van der Waals surface area (Å²) in [4.78, 5) is 23.0. The molecule has 0 radical (unpaired) electrons. The van der Waals surface area contributed by atoms with Crippen molar-refractivity contribution in [2.24, 2.45) is 0 Å². The lowest BCUT2D eigenvalue weighted by atomic mass is 10.2. The first-order valence-corrected chi connectivity index (χ1v) is 11.2. The number of nitrogens with zero attached hydrogens (tertiary/aromatic N) is 2. The van der Waals surface area contributed by atoms with E-state index in [1.165, 1.54) is 19.2 Å². The average Bonchev–Trinajstić information content (AvgIpc) is 2.87. The van der Waals surface area contributed by atoms with Gasteiger partial charge in [-0.05, 0) is 30.7 Å². The Morgan fingerprint density at radius 2 is 1.71 bits per heavy atom. The number of rotatable bonds is 7. The maximum atomic E-state index is 13.3. The van der Waals surface area contributed by atoms with Crippen LogP contribution in [-0.2, 0) is 9.59 Å². The Balaban J connectivity index is 0.000000509. The summed E-state index contributed by atoms with van der Waals surface area (Å²) in [6.07, 6.45) is 0.901. The van der Waals surface area contributed by atoms with Gasteiger partial charge in [-0.15, -0.1) is 0 Å². The van der Waals surface area contributed by atoms with Crippen LogP contribution in [0, 0.1) is 5.82 Å². The van der Waals surface area contributed by atoms with Crippen molar-refractivity contribution < 1.29 is 43.1 Å². The molecule has 2 heterocycles. The topological polar surface area (TPSA) is 118 Å². The van der Waals surface area contributed by atoms with Gasteiger partial charge in [0.15, 0.2) is 23.0 Å². The van der Waals surface area contributed by atoms with Gasteiger partial charge in [-0.25, -0.2) is 14.0 Å². The molecule has 2 aliphatic rings. The van der Waals surface area contributed by atoms with Crippen LogP contribution >= 0.6 is 0 Å². The first-order chi connectivity index (χ1) is 16.9. The second-order valence-electron chi connectivity index (χ2n) is 7.74. The first kappa shape index (κ1) is 25.9. The smallest absolute Gasteiger partial charge is 0.414 e. The van der Waals surface area contributed by atoms with Crippen LogP contribution in [0.5, 0.6) is 23.0 Å². The molecule has 35 heavy (non-hydrogen) atoms. The van der Waals surface area contributed by atoms with E-state index in [1.807, 2.05) is 12.1 Å². The molecule has 0 spiro atoms. The van der Waals surface area contributed by atoms with Crippen molar-refractivity contribution in [1.82, 2.24) is 4.90 Å². The minimum atomic E-state index is -1.82. The summed E-state index contributed by atoms with van der Waals surface area (Å²) in [6.45, 7) is 6.62. The molecule has 0 bridgehead atoms. The van der Waals surface area contributed by atoms with Crippen LogP contribution in [-0.4, -0.2) is 86.7 Å². The number of hydrogen-bond donors (Lipinski definition) is 2. The van der Waals surface area contributed by atoms with Crippen molar-refractivity contribution in [3.63, 3.8) is 0 Å². The van der Waals surface area contributed by atoms with Gasteiger partial charge in [0, 0.05) is 38.8 Å². The standard InChI is InChI=1S/C22H27FN2O4.C2H2O4/c1-26-21-16-17(23)6-7-19(21)27-13-3-8-24-9-11-25(12-10-24)18-4-2-5-20-22(18)29-15-14-28-20;3-1(4)2(5)6/h2,4-7,16H,3,8-15H2,1H3;(H,3,4)(H,5,6). The zero-order valence-corrected chi connectivity index (χ0v) is 19.4. The van der Waals surface area contributed by atoms with E-state index in [0.717, 1.165) is 56.3 Å². The van der Waals surface area contributed by atoms with Gasteiger partial charge in [-0.1, -0.05) is 6.07 Å². The minimum absolute atomic E-state index is 0.330. The van der Waals surface area contributed by atoms with Crippen LogP contribution in [0.1, 0.15) is 6.42 Å². The maximum absolute atomic E-state index is 13.3. The third-order valence-electron chi connectivity index (χ3n) is 5.44. The zero-order chi connectivity index (χ0) is 25.2. The second kappa shape index (κ2) is 12.7. The number of fused-ring (bicyclic) bond motifs is 1. The number of hydrogen-bond acceptors (Lipinski definition) is 8. The van der Waals surface area contributed by atoms with Crippen molar-refractivity contribution in [2.75, 3.05) is 64.6 Å². The highest BCUT2D eigenvalue weighted by Gasteiger charge is 2.23. The summed E-state index contributed by atoms with van der Waals surface area (Å²) in [5.41, 5.74) is 1.12.